The molecule has 1 fully saturated rings. The van der Waals surface area contributed by atoms with Crippen molar-refractivity contribution in [1.82, 2.24) is 5.32 Å². The van der Waals surface area contributed by atoms with Crippen LogP contribution >= 0.6 is 0 Å². The summed E-state index contributed by atoms with van der Waals surface area (Å²) in [6.45, 7) is 9.14. The molecule has 118 valence electrons. The van der Waals surface area contributed by atoms with Crippen molar-refractivity contribution in [3.63, 3.8) is 0 Å². The molecule has 3 atom stereocenters. The Hall–Kier alpha value is -0.890. The van der Waals surface area contributed by atoms with E-state index < -0.39 is 0 Å². The van der Waals surface area contributed by atoms with Crippen molar-refractivity contribution in [2.24, 2.45) is 11.3 Å². The molecule has 0 heterocycles. The van der Waals surface area contributed by atoms with Gasteiger partial charge in [-0.15, -0.1) is 0 Å². The van der Waals surface area contributed by atoms with E-state index in [4.69, 9.17) is 0 Å². The van der Waals surface area contributed by atoms with E-state index in [2.05, 4.69) is 33.0 Å². The number of halogens is 1. The third-order valence-electron chi connectivity index (χ3n) is 5.05. The molecule has 2 rings (SSSR count). The van der Waals surface area contributed by atoms with Crippen LogP contribution < -0.4 is 5.32 Å². The van der Waals surface area contributed by atoms with Crippen LogP contribution in [0.3, 0.4) is 0 Å². The Morgan fingerprint density at radius 1 is 1.10 bits per heavy atom. The van der Waals surface area contributed by atoms with Crippen molar-refractivity contribution < 1.29 is 4.39 Å². The Bertz CT molecular complexity index is 449. The molecule has 0 bridgehead atoms. The summed E-state index contributed by atoms with van der Waals surface area (Å²) in [5, 5.41) is 3.65. The van der Waals surface area contributed by atoms with Gasteiger partial charge in [0.25, 0.3) is 0 Å². The van der Waals surface area contributed by atoms with Crippen molar-refractivity contribution in [3.8, 4) is 0 Å². The summed E-state index contributed by atoms with van der Waals surface area (Å²) in [5.41, 5.74) is 1.19. The Balaban J connectivity index is 1.93. The molecular formula is C19H30FN. The van der Waals surface area contributed by atoms with Crippen LogP contribution in [-0.4, -0.2) is 6.04 Å². The van der Waals surface area contributed by atoms with Crippen molar-refractivity contribution in [3.05, 3.63) is 35.6 Å². The highest BCUT2D eigenvalue weighted by atomic mass is 19.1. The third kappa shape index (κ3) is 4.54. The summed E-state index contributed by atoms with van der Waals surface area (Å²) in [7, 11) is 0. The van der Waals surface area contributed by atoms with Crippen molar-refractivity contribution in [1.29, 1.82) is 0 Å². The molecule has 0 radical (unpaired) electrons. The number of hydrogen-bond donors (Lipinski definition) is 1. The highest BCUT2D eigenvalue weighted by Gasteiger charge is 2.28. The quantitative estimate of drug-likeness (QED) is 0.728. The normalized spacial score (nSPS) is 25.4. The molecule has 0 aliphatic heterocycles. The molecule has 1 aromatic carbocycles. The molecule has 21 heavy (non-hydrogen) atoms. The fourth-order valence-corrected chi connectivity index (χ4v) is 3.60. The average Bonchev–Trinajstić information content (AvgIpc) is 2.64. The van der Waals surface area contributed by atoms with Crippen LogP contribution in [0.25, 0.3) is 0 Å². The van der Waals surface area contributed by atoms with E-state index in [1.807, 2.05) is 12.1 Å². The lowest BCUT2D eigenvalue weighted by molar-refractivity contribution is 0.213. The molecule has 0 saturated heterocycles. The molecule has 2 unspecified atom stereocenters. The first-order chi connectivity index (χ1) is 9.88. The van der Waals surface area contributed by atoms with Gasteiger partial charge in [0.05, 0.1) is 0 Å². The molecule has 2 heteroatoms. The molecule has 1 nitrogen and oxygen atoms in total. The SMILES string of the molecule is C[C@@H](NC1CCCC(C(C)(C)C)CC1)c1ccccc1F. The van der Waals surface area contributed by atoms with Gasteiger partial charge in [-0.05, 0) is 50.0 Å². The molecule has 0 amide bonds. The number of hydrogen-bond acceptors (Lipinski definition) is 1. The van der Waals surface area contributed by atoms with E-state index in [0.717, 1.165) is 11.5 Å². The average molecular weight is 291 g/mol. The van der Waals surface area contributed by atoms with Crippen molar-refractivity contribution in [2.45, 2.75) is 71.9 Å². The zero-order chi connectivity index (χ0) is 15.5. The largest absolute Gasteiger partial charge is 0.307 e. The fourth-order valence-electron chi connectivity index (χ4n) is 3.60. The van der Waals surface area contributed by atoms with E-state index in [0.29, 0.717) is 11.5 Å². The van der Waals surface area contributed by atoms with Crippen LogP contribution in [0, 0.1) is 17.2 Å². The predicted molar refractivity (Wildman–Crippen MR) is 87.8 cm³/mol. The highest BCUT2D eigenvalue weighted by molar-refractivity contribution is 5.20. The number of benzene rings is 1. The maximum absolute atomic E-state index is 13.9. The lowest BCUT2D eigenvalue weighted by Gasteiger charge is -2.30. The Labute approximate surface area is 129 Å². The van der Waals surface area contributed by atoms with E-state index in [-0.39, 0.29) is 11.9 Å². The summed E-state index contributed by atoms with van der Waals surface area (Å²) in [6, 6.07) is 7.72. The molecule has 1 saturated carbocycles. The van der Waals surface area contributed by atoms with Gasteiger partial charge >= 0.3 is 0 Å². The monoisotopic (exact) mass is 291 g/mol. The minimum Gasteiger partial charge on any atom is -0.307 e. The zero-order valence-corrected chi connectivity index (χ0v) is 14.0. The molecule has 0 aromatic heterocycles. The van der Waals surface area contributed by atoms with Gasteiger partial charge in [0, 0.05) is 17.6 Å². The van der Waals surface area contributed by atoms with E-state index in [1.165, 1.54) is 32.1 Å². The first kappa shape index (κ1) is 16.5. The van der Waals surface area contributed by atoms with Crippen LogP contribution in [0.4, 0.5) is 4.39 Å². The van der Waals surface area contributed by atoms with Gasteiger partial charge in [-0.1, -0.05) is 45.4 Å². The summed E-state index contributed by atoms with van der Waals surface area (Å²) < 4.78 is 13.9. The standard InChI is InChI=1S/C19H30FN/c1-14(17-10-5-6-11-18(17)20)21-16-9-7-8-15(12-13-16)19(2,3)4/h5-6,10-11,14-16,21H,7-9,12-13H2,1-4H3/t14-,15?,16?/m1/s1. The second-order valence-electron chi connectivity index (χ2n) is 7.68. The minimum absolute atomic E-state index is 0.0855. The lowest BCUT2D eigenvalue weighted by Crippen LogP contribution is -2.31. The van der Waals surface area contributed by atoms with E-state index in [1.54, 1.807) is 12.1 Å². The van der Waals surface area contributed by atoms with Gasteiger partial charge < -0.3 is 5.32 Å². The van der Waals surface area contributed by atoms with E-state index in [9.17, 15) is 4.39 Å². The summed E-state index contributed by atoms with van der Waals surface area (Å²) in [4.78, 5) is 0. The summed E-state index contributed by atoms with van der Waals surface area (Å²) in [5.74, 6) is 0.715. The first-order valence-corrected chi connectivity index (χ1v) is 8.38. The number of rotatable bonds is 3. The van der Waals surface area contributed by atoms with Gasteiger partial charge in [-0.2, -0.15) is 0 Å². The smallest absolute Gasteiger partial charge is 0.127 e. The van der Waals surface area contributed by atoms with Crippen molar-refractivity contribution in [2.75, 3.05) is 0 Å². The Morgan fingerprint density at radius 2 is 1.81 bits per heavy atom. The lowest BCUT2D eigenvalue weighted by atomic mass is 9.76. The van der Waals surface area contributed by atoms with Crippen LogP contribution in [-0.2, 0) is 0 Å². The highest BCUT2D eigenvalue weighted by Crippen LogP contribution is 2.37. The zero-order valence-electron chi connectivity index (χ0n) is 14.0. The van der Waals surface area contributed by atoms with Gasteiger partial charge in [0.2, 0.25) is 0 Å². The second-order valence-corrected chi connectivity index (χ2v) is 7.68. The number of nitrogens with one attached hydrogen (secondary N) is 1. The van der Waals surface area contributed by atoms with Crippen LogP contribution in [0.15, 0.2) is 24.3 Å². The topological polar surface area (TPSA) is 12.0 Å². The molecule has 1 aliphatic rings. The van der Waals surface area contributed by atoms with E-state index >= 15 is 0 Å². The predicted octanol–water partition coefficient (Wildman–Crippen LogP) is 5.47. The molecule has 1 aromatic rings. The van der Waals surface area contributed by atoms with Crippen molar-refractivity contribution >= 4 is 0 Å². The second kappa shape index (κ2) is 6.91. The minimum atomic E-state index is -0.0984. The van der Waals surface area contributed by atoms with Gasteiger partial charge in [-0.3, -0.25) is 0 Å². The molecule has 0 spiro atoms. The van der Waals surface area contributed by atoms with Gasteiger partial charge in [0.15, 0.2) is 0 Å². The summed E-state index contributed by atoms with van der Waals surface area (Å²) in [6.07, 6.45) is 6.32. The maximum atomic E-state index is 13.9. The van der Waals surface area contributed by atoms with Crippen LogP contribution in [0.5, 0.6) is 0 Å². The maximum Gasteiger partial charge on any atom is 0.127 e. The van der Waals surface area contributed by atoms with Gasteiger partial charge in [0.1, 0.15) is 5.82 Å². The Morgan fingerprint density at radius 3 is 2.48 bits per heavy atom. The van der Waals surface area contributed by atoms with Crippen LogP contribution in [0.1, 0.15) is 71.4 Å². The summed E-state index contributed by atoms with van der Waals surface area (Å²) >= 11 is 0. The first-order valence-electron chi connectivity index (χ1n) is 8.38. The van der Waals surface area contributed by atoms with Gasteiger partial charge in [-0.25, -0.2) is 4.39 Å². The molecule has 1 aliphatic carbocycles. The fraction of sp³-hybridized carbons (Fsp3) is 0.684. The molecular weight excluding hydrogens is 261 g/mol. The molecule has 1 N–H and O–H groups in total. The Kier molecular flexibility index (Phi) is 5.43. The third-order valence-corrected chi connectivity index (χ3v) is 5.05. The van der Waals surface area contributed by atoms with Crippen LogP contribution in [0.2, 0.25) is 0 Å².